The molecule has 1 aromatic rings. The molecule has 0 bridgehead atoms. The maximum absolute atomic E-state index is 6.17. The fourth-order valence-electron chi connectivity index (χ4n) is 3.25. The zero-order valence-corrected chi connectivity index (χ0v) is 12.2. The van der Waals surface area contributed by atoms with Gasteiger partial charge in [-0.15, -0.1) is 11.3 Å². The third-order valence-electron chi connectivity index (χ3n) is 4.37. The van der Waals surface area contributed by atoms with Crippen LogP contribution in [0.2, 0.25) is 0 Å². The summed E-state index contributed by atoms with van der Waals surface area (Å²) in [6.45, 7) is 5.84. The second-order valence-electron chi connectivity index (χ2n) is 5.98. The number of anilines is 1. The summed E-state index contributed by atoms with van der Waals surface area (Å²) in [4.78, 5) is 8.79. The zero-order chi connectivity index (χ0) is 12.7. The summed E-state index contributed by atoms with van der Waals surface area (Å²) >= 11 is 1.89. The third kappa shape index (κ3) is 2.16. The molecule has 2 heterocycles. The van der Waals surface area contributed by atoms with Gasteiger partial charge < -0.3 is 10.6 Å². The molecule has 1 aromatic heterocycles. The fraction of sp³-hybridized carbons (Fsp3) is 0.786. The number of nitrogens with two attached hydrogens (primary N) is 1. The van der Waals surface area contributed by atoms with Crippen LogP contribution in [0.25, 0.3) is 0 Å². The second-order valence-corrected chi connectivity index (χ2v) is 7.04. The molecule has 0 amide bonds. The van der Waals surface area contributed by atoms with Crippen molar-refractivity contribution < 1.29 is 0 Å². The van der Waals surface area contributed by atoms with E-state index in [-0.39, 0.29) is 6.04 Å². The van der Waals surface area contributed by atoms with Gasteiger partial charge in [0.2, 0.25) is 0 Å². The second kappa shape index (κ2) is 4.82. The van der Waals surface area contributed by atoms with Gasteiger partial charge in [-0.05, 0) is 44.9 Å². The van der Waals surface area contributed by atoms with E-state index in [0.717, 1.165) is 18.9 Å². The minimum absolute atomic E-state index is 0.178. The highest BCUT2D eigenvalue weighted by Gasteiger charge is 2.28. The molecule has 3 atom stereocenters. The van der Waals surface area contributed by atoms with Crippen molar-refractivity contribution in [2.45, 2.75) is 58.0 Å². The Bertz CT molecular complexity index is 429. The molecule has 100 valence electrons. The van der Waals surface area contributed by atoms with E-state index in [1.165, 1.54) is 41.4 Å². The normalized spacial score (nSPS) is 32.4. The number of hydrogen-bond acceptors (Lipinski definition) is 4. The van der Waals surface area contributed by atoms with Crippen LogP contribution < -0.4 is 10.6 Å². The lowest BCUT2D eigenvalue weighted by atomic mass is 9.94. The first-order chi connectivity index (χ1) is 8.65. The number of aryl methyl sites for hydroxylation is 1. The Morgan fingerprint density at radius 1 is 1.33 bits per heavy atom. The summed E-state index contributed by atoms with van der Waals surface area (Å²) in [5.74, 6) is 0.855. The Labute approximate surface area is 113 Å². The van der Waals surface area contributed by atoms with Crippen molar-refractivity contribution >= 4 is 16.5 Å². The fourth-order valence-corrected chi connectivity index (χ4v) is 4.55. The molecule has 18 heavy (non-hydrogen) atoms. The van der Waals surface area contributed by atoms with Crippen LogP contribution in [0.1, 0.15) is 56.1 Å². The van der Waals surface area contributed by atoms with E-state index in [0.29, 0.717) is 6.04 Å². The third-order valence-corrected chi connectivity index (χ3v) is 5.54. The largest absolute Gasteiger partial charge is 0.345 e. The molecule has 1 fully saturated rings. The molecule has 0 radical (unpaired) electrons. The van der Waals surface area contributed by atoms with Gasteiger partial charge >= 0.3 is 0 Å². The van der Waals surface area contributed by atoms with E-state index in [4.69, 9.17) is 10.7 Å². The molecule has 2 aliphatic rings. The quantitative estimate of drug-likeness (QED) is 0.848. The minimum Gasteiger partial charge on any atom is -0.345 e. The minimum atomic E-state index is 0.178. The van der Waals surface area contributed by atoms with E-state index in [1.807, 2.05) is 11.3 Å². The standard InChI is InChI=1S/C14H23N3S/c1-9-6-7-17(10(2)8-9)14-16-13-11(15)4-3-5-12(13)18-14/h9-11H,3-8,15H2,1-2H3. The van der Waals surface area contributed by atoms with Crippen molar-refractivity contribution in [1.82, 2.24) is 4.98 Å². The van der Waals surface area contributed by atoms with E-state index in [1.54, 1.807) is 0 Å². The van der Waals surface area contributed by atoms with Gasteiger partial charge in [-0.2, -0.15) is 0 Å². The smallest absolute Gasteiger partial charge is 0.186 e. The van der Waals surface area contributed by atoms with E-state index >= 15 is 0 Å². The van der Waals surface area contributed by atoms with Gasteiger partial charge in [0.15, 0.2) is 5.13 Å². The molecular formula is C14H23N3S. The summed E-state index contributed by atoms with van der Waals surface area (Å²) < 4.78 is 0. The van der Waals surface area contributed by atoms with Crippen molar-refractivity contribution in [3.8, 4) is 0 Å². The molecule has 1 aliphatic carbocycles. The Morgan fingerprint density at radius 2 is 2.17 bits per heavy atom. The maximum atomic E-state index is 6.17. The van der Waals surface area contributed by atoms with E-state index in [2.05, 4.69) is 18.7 Å². The lowest BCUT2D eigenvalue weighted by molar-refractivity contribution is 0.377. The van der Waals surface area contributed by atoms with Crippen molar-refractivity contribution in [2.24, 2.45) is 11.7 Å². The number of aromatic nitrogens is 1. The van der Waals surface area contributed by atoms with Gasteiger partial charge in [0.25, 0.3) is 0 Å². The number of fused-ring (bicyclic) bond motifs is 1. The summed E-state index contributed by atoms with van der Waals surface area (Å²) in [5.41, 5.74) is 7.36. The topological polar surface area (TPSA) is 42.2 Å². The number of piperidine rings is 1. The lowest BCUT2D eigenvalue weighted by Gasteiger charge is -2.36. The molecule has 3 unspecified atom stereocenters. The summed E-state index contributed by atoms with van der Waals surface area (Å²) in [5, 5.41) is 1.22. The molecule has 4 heteroatoms. The highest BCUT2D eigenvalue weighted by molar-refractivity contribution is 7.15. The molecule has 1 aliphatic heterocycles. The number of rotatable bonds is 1. The van der Waals surface area contributed by atoms with Crippen LogP contribution >= 0.6 is 11.3 Å². The molecule has 0 spiro atoms. The molecule has 0 saturated carbocycles. The van der Waals surface area contributed by atoms with Gasteiger partial charge in [-0.25, -0.2) is 4.98 Å². The first-order valence-corrected chi connectivity index (χ1v) is 7.98. The number of thiazole rings is 1. The van der Waals surface area contributed by atoms with Crippen LogP contribution in [0.15, 0.2) is 0 Å². The first kappa shape index (κ1) is 12.4. The van der Waals surface area contributed by atoms with Crippen molar-refractivity contribution in [3.63, 3.8) is 0 Å². The van der Waals surface area contributed by atoms with Gasteiger partial charge in [-0.1, -0.05) is 6.92 Å². The summed E-state index contributed by atoms with van der Waals surface area (Å²) in [7, 11) is 0. The molecule has 3 nitrogen and oxygen atoms in total. The lowest BCUT2D eigenvalue weighted by Crippen LogP contribution is -2.40. The Balaban J connectivity index is 1.84. The SMILES string of the molecule is CC1CCN(c2nc3c(s2)CCCC3N)C(C)C1. The summed E-state index contributed by atoms with van der Waals surface area (Å²) in [6.07, 6.45) is 6.08. The van der Waals surface area contributed by atoms with Gasteiger partial charge in [0, 0.05) is 23.5 Å². The summed E-state index contributed by atoms with van der Waals surface area (Å²) in [6, 6.07) is 0.801. The zero-order valence-electron chi connectivity index (χ0n) is 11.4. The van der Waals surface area contributed by atoms with E-state index in [9.17, 15) is 0 Å². The number of nitrogens with zero attached hydrogens (tertiary/aromatic N) is 2. The predicted molar refractivity (Wildman–Crippen MR) is 77.2 cm³/mol. The van der Waals surface area contributed by atoms with Crippen LogP contribution in [0.4, 0.5) is 5.13 Å². The molecule has 0 aromatic carbocycles. The molecule has 1 saturated heterocycles. The van der Waals surface area contributed by atoms with Crippen molar-refractivity contribution in [3.05, 3.63) is 10.6 Å². The molecule has 3 rings (SSSR count). The predicted octanol–water partition coefficient (Wildman–Crippen LogP) is 3.10. The highest BCUT2D eigenvalue weighted by atomic mass is 32.1. The number of hydrogen-bond donors (Lipinski definition) is 1. The Morgan fingerprint density at radius 3 is 2.89 bits per heavy atom. The van der Waals surface area contributed by atoms with Gasteiger partial charge in [0.1, 0.15) is 0 Å². The van der Waals surface area contributed by atoms with Gasteiger partial charge in [0.05, 0.1) is 5.69 Å². The first-order valence-electron chi connectivity index (χ1n) is 7.17. The monoisotopic (exact) mass is 265 g/mol. The average molecular weight is 265 g/mol. The van der Waals surface area contributed by atoms with Crippen LogP contribution in [0, 0.1) is 5.92 Å². The van der Waals surface area contributed by atoms with Crippen LogP contribution in [0.3, 0.4) is 0 Å². The Kier molecular flexibility index (Phi) is 3.32. The van der Waals surface area contributed by atoms with E-state index < -0.39 is 0 Å². The molecule has 2 N–H and O–H groups in total. The van der Waals surface area contributed by atoms with Crippen molar-refractivity contribution in [2.75, 3.05) is 11.4 Å². The van der Waals surface area contributed by atoms with Gasteiger partial charge in [-0.3, -0.25) is 0 Å². The van der Waals surface area contributed by atoms with Crippen LogP contribution in [-0.2, 0) is 6.42 Å². The Hall–Kier alpha value is -0.610. The maximum Gasteiger partial charge on any atom is 0.186 e. The molecular weight excluding hydrogens is 242 g/mol. The average Bonchev–Trinajstić information content (AvgIpc) is 2.74. The highest BCUT2D eigenvalue weighted by Crippen LogP contribution is 2.38. The van der Waals surface area contributed by atoms with Crippen molar-refractivity contribution in [1.29, 1.82) is 0 Å². The van der Waals surface area contributed by atoms with Crippen LogP contribution in [0.5, 0.6) is 0 Å². The van der Waals surface area contributed by atoms with Crippen LogP contribution in [-0.4, -0.2) is 17.6 Å².